The number of likely N-dealkylation sites (N-methyl/N-ethyl adjacent to an activating group) is 1. The molecule has 0 saturated carbocycles. The largest absolute Gasteiger partial charge is 0.477 e. The van der Waals surface area contributed by atoms with E-state index in [1.54, 1.807) is 0 Å². The van der Waals surface area contributed by atoms with Crippen molar-refractivity contribution in [2.75, 3.05) is 41.0 Å². The first kappa shape index (κ1) is 44.3. The third-order valence-corrected chi connectivity index (χ3v) is 7.72. The Hall–Kier alpha value is -2.71. The zero-order valence-electron chi connectivity index (χ0n) is 30.5. The van der Waals surface area contributed by atoms with Gasteiger partial charge >= 0.3 is 17.9 Å². The molecule has 2 unspecified atom stereocenters. The summed E-state index contributed by atoms with van der Waals surface area (Å²) >= 11 is 0. The van der Waals surface area contributed by atoms with E-state index in [0.717, 1.165) is 70.6 Å². The van der Waals surface area contributed by atoms with Gasteiger partial charge < -0.3 is 23.8 Å². The molecule has 0 aliphatic rings. The summed E-state index contributed by atoms with van der Waals surface area (Å²) in [6.07, 6.45) is 33.1. The molecule has 0 saturated heterocycles. The number of carbonyl (C=O) groups excluding carboxylic acids is 2. The van der Waals surface area contributed by atoms with Crippen LogP contribution in [0, 0.1) is 0 Å². The van der Waals surface area contributed by atoms with Crippen molar-refractivity contribution in [1.82, 2.24) is 0 Å². The molecule has 8 nitrogen and oxygen atoms in total. The molecular weight excluding hydrogens is 594 g/mol. The highest BCUT2D eigenvalue weighted by Gasteiger charge is 2.31. The van der Waals surface area contributed by atoms with Crippen molar-refractivity contribution in [1.29, 1.82) is 0 Å². The molecule has 47 heavy (non-hydrogen) atoms. The number of allylic oxidation sites excluding steroid dienone is 8. The number of aliphatic carboxylic acids is 1. The first-order valence-corrected chi connectivity index (χ1v) is 18.2. The molecule has 270 valence electrons. The highest BCUT2D eigenvalue weighted by atomic mass is 16.6. The number of rotatable bonds is 31. The number of carbonyl (C=O) groups is 3. The molecule has 0 bridgehead atoms. The summed E-state index contributed by atoms with van der Waals surface area (Å²) in [7, 11) is 5.49. The molecule has 0 spiro atoms. The molecule has 0 aromatic heterocycles. The third-order valence-electron chi connectivity index (χ3n) is 7.72. The Morgan fingerprint density at radius 1 is 0.638 bits per heavy atom. The van der Waals surface area contributed by atoms with Crippen LogP contribution < -0.4 is 0 Å². The third kappa shape index (κ3) is 29.2. The minimum Gasteiger partial charge on any atom is -0.477 e. The number of hydrogen-bond acceptors (Lipinski definition) is 6. The van der Waals surface area contributed by atoms with Gasteiger partial charge in [-0.25, -0.2) is 4.79 Å². The molecule has 0 amide bonds. The smallest absolute Gasteiger partial charge is 0.362 e. The molecule has 1 N–H and O–H groups in total. The summed E-state index contributed by atoms with van der Waals surface area (Å²) in [5, 5.41) is 9.56. The van der Waals surface area contributed by atoms with Gasteiger partial charge in [0.05, 0.1) is 34.4 Å². The van der Waals surface area contributed by atoms with Gasteiger partial charge in [0.15, 0.2) is 12.1 Å². The molecule has 8 heteroatoms. The lowest BCUT2D eigenvalue weighted by molar-refractivity contribution is -0.887. The van der Waals surface area contributed by atoms with Crippen LogP contribution in [-0.4, -0.2) is 80.6 Å². The van der Waals surface area contributed by atoms with Crippen LogP contribution in [0.25, 0.3) is 0 Å². The van der Waals surface area contributed by atoms with Crippen LogP contribution in [0.1, 0.15) is 129 Å². The van der Waals surface area contributed by atoms with E-state index in [1.807, 2.05) is 21.1 Å². The van der Waals surface area contributed by atoms with Gasteiger partial charge in [-0.3, -0.25) is 9.59 Å². The molecular formula is C39H68NO7+. The van der Waals surface area contributed by atoms with Gasteiger partial charge in [-0.05, 0) is 64.2 Å². The quantitative estimate of drug-likeness (QED) is 0.0343. The standard InChI is InChI=1S/C39H67NO7/c1-6-8-10-12-14-16-17-18-19-20-22-24-26-28-30-38(42)47-35(33-45-32-31-36(39(43)44)40(3,4)5)34-46-37(41)29-27-25-23-21-15-13-11-9-7-2/h8-11,14-16,21,35-36H,6-7,12-13,17-20,22-34H2,1-5H3/p+1/b10-8+,11-9+,16-14+,21-15+. The summed E-state index contributed by atoms with van der Waals surface area (Å²) in [6.45, 7) is 4.43. The topological polar surface area (TPSA) is 99.1 Å². The Morgan fingerprint density at radius 2 is 1.13 bits per heavy atom. The van der Waals surface area contributed by atoms with Gasteiger partial charge in [0.1, 0.15) is 6.61 Å². The average Bonchev–Trinajstić information content (AvgIpc) is 3.01. The van der Waals surface area contributed by atoms with Crippen molar-refractivity contribution in [2.45, 2.75) is 142 Å². The SMILES string of the molecule is CC/C=C/C/C=C/CCCCCCCCCC(=O)OC(COCCC(C(=O)O)[N+](C)(C)C)COC(=O)CCCC/C=C/C/C=C/CC. The lowest BCUT2D eigenvalue weighted by Gasteiger charge is -2.31. The van der Waals surface area contributed by atoms with E-state index in [9.17, 15) is 19.5 Å². The summed E-state index contributed by atoms with van der Waals surface area (Å²) in [6, 6.07) is -0.619. The van der Waals surface area contributed by atoms with E-state index < -0.39 is 18.1 Å². The van der Waals surface area contributed by atoms with Crippen molar-refractivity contribution in [2.24, 2.45) is 0 Å². The second-order valence-corrected chi connectivity index (χ2v) is 13.1. The fourth-order valence-electron chi connectivity index (χ4n) is 4.93. The van der Waals surface area contributed by atoms with Crippen LogP contribution in [0.2, 0.25) is 0 Å². The Kier molecular flexibility index (Phi) is 28.8. The fourth-order valence-corrected chi connectivity index (χ4v) is 4.93. The molecule has 0 aliphatic carbocycles. The molecule has 0 radical (unpaired) electrons. The van der Waals surface area contributed by atoms with Crippen molar-refractivity contribution >= 4 is 17.9 Å². The van der Waals surface area contributed by atoms with E-state index in [-0.39, 0.29) is 36.2 Å². The number of quaternary nitrogens is 1. The van der Waals surface area contributed by atoms with E-state index in [2.05, 4.69) is 62.5 Å². The van der Waals surface area contributed by atoms with Gasteiger partial charge in [-0.1, -0.05) is 94.6 Å². The van der Waals surface area contributed by atoms with E-state index in [1.165, 1.54) is 25.7 Å². The normalized spacial score (nSPS) is 13.6. The highest BCUT2D eigenvalue weighted by molar-refractivity contribution is 5.72. The van der Waals surface area contributed by atoms with Crippen LogP contribution in [0.3, 0.4) is 0 Å². The summed E-state index contributed by atoms with van der Waals surface area (Å²) in [5.74, 6) is -1.53. The van der Waals surface area contributed by atoms with Gasteiger partial charge in [0.25, 0.3) is 0 Å². The molecule has 0 fully saturated rings. The number of ether oxygens (including phenoxy) is 3. The van der Waals surface area contributed by atoms with Crippen LogP contribution in [-0.2, 0) is 28.6 Å². The molecule has 2 atom stereocenters. The Bertz CT molecular complexity index is 917. The summed E-state index contributed by atoms with van der Waals surface area (Å²) < 4.78 is 17.1. The van der Waals surface area contributed by atoms with Gasteiger partial charge in [-0.2, -0.15) is 0 Å². The van der Waals surface area contributed by atoms with E-state index in [0.29, 0.717) is 19.3 Å². The average molecular weight is 663 g/mol. The minimum atomic E-state index is -0.884. The highest BCUT2D eigenvalue weighted by Crippen LogP contribution is 2.13. The number of unbranched alkanes of at least 4 members (excludes halogenated alkanes) is 9. The molecule has 0 aromatic carbocycles. The predicted molar refractivity (Wildman–Crippen MR) is 192 cm³/mol. The number of hydrogen-bond donors (Lipinski definition) is 1. The van der Waals surface area contributed by atoms with E-state index in [4.69, 9.17) is 14.2 Å². The Labute approximate surface area is 286 Å². The van der Waals surface area contributed by atoms with Crippen LogP contribution in [0.4, 0.5) is 0 Å². The van der Waals surface area contributed by atoms with Crippen molar-refractivity contribution in [3.63, 3.8) is 0 Å². The monoisotopic (exact) mass is 662 g/mol. The fraction of sp³-hybridized carbons (Fsp3) is 0.718. The Morgan fingerprint density at radius 3 is 1.68 bits per heavy atom. The van der Waals surface area contributed by atoms with E-state index >= 15 is 0 Å². The Balaban J connectivity index is 4.48. The molecule has 0 aliphatic heterocycles. The second kappa shape index (κ2) is 30.6. The lowest BCUT2D eigenvalue weighted by Crippen LogP contribution is -2.50. The maximum absolute atomic E-state index is 12.6. The first-order valence-electron chi connectivity index (χ1n) is 18.2. The maximum atomic E-state index is 12.6. The molecule has 0 rings (SSSR count). The number of carboxylic acid groups (broad SMARTS) is 1. The zero-order chi connectivity index (χ0) is 35.0. The van der Waals surface area contributed by atoms with Gasteiger partial charge in [0, 0.05) is 19.3 Å². The summed E-state index contributed by atoms with van der Waals surface area (Å²) in [5.41, 5.74) is 0. The molecule has 0 aromatic rings. The van der Waals surface area contributed by atoms with Crippen LogP contribution in [0.15, 0.2) is 48.6 Å². The number of carboxylic acids is 1. The van der Waals surface area contributed by atoms with Crippen LogP contribution >= 0.6 is 0 Å². The zero-order valence-corrected chi connectivity index (χ0v) is 30.5. The van der Waals surface area contributed by atoms with Crippen molar-refractivity contribution < 1.29 is 38.2 Å². The van der Waals surface area contributed by atoms with Crippen molar-refractivity contribution in [3.8, 4) is 0 Å². The second-order valence-electron chi connectivity index (χ2n) is 13.1. The number of nitrogens with zero attached hydrogens (tertiary/aromatic N) is 1. The predicted octanol–water partition coefficient (Wildman–Crippen LogP) is 8.90. The van der Waals surface area contributed by atoms with Crippen LogP contribution in [0.5, 0.6) is 0 Å². The minimum absolute atomic E-state index is 0.0460. The van der Waals surface area contributed by atoms with Crippen molar-refractivity contribution in [3.05, 3.63) is 48.6 Å². The molecule has 0 heterocycles. The first-order chi connectivity index (χ1) is 22.6. The lowest BCUT2D eigenvalue weighted by atomic mass is 10.1. The van der Waals surface area contributed by atoms with Gasteiger partial charge in [0.2, 0.25) is 0 Å². The maximum Gasteiger partial charge on any atom is 0.362 e. The van der Waals surface area contributed by atoms with Gasteiger partial charge in [-0.15, -0.1) is 0 Å². The number of esters is 2. The summed E-state index contributed by atoms with van der Waals surface area (Å²) in [4.78, 5) is 36.6.